The second-order valence-corrected chi connectivity index (χ2v) is 7.38. The van der Waals surface area contributed by atoms with E-state index in [1.165, 1.54) is 0 Å². The fraction of sp³-hybridized carbons (Fsp3) is 0.273. The van der Waals surface area contributed by atoms with Gasteiger partial charge in [-0.3, -0.25) is 9.69 Å². The van der Waals surface area contributed by atoms with Gasteiger partial charge in [-0.15, -0.1) is 0 Å². The van der Waals surface area contributed by atoms with Crippen molar-refractivity contribution in [2.75, 3.05) is 18.3 Å². The Labute approximate surface area is 162 Å². The van der Waals surface area contributed by atoms with Crippen molar-refractivity contribution in [1.82, 2.24) is 0 Å². The molecular formula is C22H19NO5. The van der Waals surface area contributed by atoms with E-state index in [1.807, 2.05) is 44.2 Å². The Morgan fingerprint density at radius 3 is 2.46 bits per heavy atom. The zero-order valence-electron chi connectivity index (χ0n) is 15.7. The standard InChI is InChI=1S/C22H19NO5/c1-12-5-13(2)7-15(6-12)23-17-10-26-22(25)21(17)16(9-20(23)24)14-3-4-18-19(8-14)28-11-27-18/h3-8,16H,9-11H2,1-2H3/t16-/m0/s1. The predicted octanol–water partition coefficient (Wildman–Crippen LogP) is 3.36. The Balaban J connectivity index is 1.62. The van der Waals surface area contributed by atoms with Gasteiger partial charge in [-0.05, 0) is 54.8 Å². The van der Waals surface area contributed by atoms with Crippen molar-refractivity contribution in [3.05, 3.63) is 64.4 Å². The molecule has 1 atom stereocenters. The van der Waals surface area contributed by atoms with Crippen LogP contribution in [0.3, 0.4) is 0 Å². The average Bonchev–Trinajstić information content (AvgIpc) is 3.26. The number of hydrogen-bond acceptors (Lipinski definition) is 5. The van der Waals surface area contributed by atoms with Gasteiger partial charge in [0.05, 0.1) is 11.3 Å². The number of cyclic esters (lactones) is 1. The minimum Gasteiger partial charge on any atom is -0.456 e. The highest BCUT2D eigenvalue weighted by Gasteiger charge is 2.43. The molecule has 3 heterocycles. The van der Waals surface area contributed by atoms with Gasteiger partial charge < -0.3 is 14.2 Å². The molecule has 2 aromatic rings. The third-order valence-electron chi connectivity index (χ3n) is 5.38. The zero-order valence-corrected chi connectivity index (χ0v) is 15.7. The lowest BCUT2D eigenvalue weighted by atomic mass is 9.84. The van der Waals surface area contributed by atoms with Crippen LogP contribution < -0.4 is 14.4 Å². The third kappa shape index (κ3) is 2.56. The molecule has 5 rings (SSSR count). The first-order chi connectivity index (χ1) is 13.5. The van der Waals surface area contributed by atoms with Crippen molar-refractivity contribution >= 4 is 17.6 Å². The maximum absolute atomic E-state index is 13.2. The largest absolute Gasteiger partial charge is 0.456 e. The molecule has 0 saturated carbocycles. The fourth-order valence-corrected chi connectivity index (χ4v) is 4.25. The predicted molar refractivity (Wildman–Crippen MR) is 101 cm³/mol. The normalized spacial score (nSPS) is 20.5. The number of rotatable bonds is 2. The molecule has 0 bridgehead atoms. The van der Waals surface area contributed by atoms with Crippen LogP contribution in [-0.2, 0) is 14.3 Å². The van der Waals surface area contributed by atoms with Gasteiger partial charge in [0.25, 0.3) is 0 Å². The van der Waals surface area contributed by atoms with Crippen molar-refractivity contribution < 1.29 is 23.8 Å². The van der Waals surface area contributed by atoms with Gasteiger partial charge >= 0.3 is 5.97 Å². The number of anilines is 1. The summed E-state index contributed by atoms with van der Waals surface area (Å²) in [5.41, 5.74) is 4.94. The first-order valence-electron chi connectivity index (χ1n) is 9.22. The topological polar surface area (TPSA) is 65.1 Å². The summed E-state index contributed by atoms with van der Waals surface area (Å²) in [5.74, 6) is 0.541. The Kier molecular flexibility index (Phi) is 3.69. The van der Waals surface area contributed by atoms with Crippen molar-refractivity contribution in [3.8, 4) is 11.5 Å². The highest BCUT2D eigenvalue weighted by atomic mass is 16.7. The second-order valence-electron chi connectivity index (χ2n) is 7.38. The van der Waals surface area contributed by atoms with E-state index in [4.69, 9.17) is 14.2 Å². The number of aryl methyl sites for hydroxylation is 2. The first kappa shape index (κ1) is 16.9. The number of carbonyl (C=O) groups excluding carboxylic acids is 2. The zero-order chi connectivity index (χ0) is 19.4. The molecule has 0 radical (unpaired) electrons. The van der Waals surface area contributed by atoms with Gasteiger partial charge in [-0.1, -0.05) is 12.1 Å². The molecule has 142 valence electrons. The van der Waals surface area contributed by atoms with Crippen molar-refractivity contribution in [2.24, 2.45) is 0 Å². The fourth-order valence-electron chi connectivity index (χ4n) is 4.25. The van der Waals surface area contributed by atoms with E-state index in [9.17, 15) is 9.59 Å². The number of carbonyl (C=O) groups is 2. The van der Waals surface area contributed by atoms with Crippen LogP contribution in [0.1, 0.15) is 29.0 Å². The van der Waals surface area contributed by atoms with Gasteiger partial charge in [-0.25, -0.2) is 4.79 Å². The van der Waals surface area contributed by atoms with Crippen molar-refractivity contribution in [1.29, 1.82) is 0 Å². The summed E-state index contributed by atoms with van der Waals surface area (Å²) in [7, 11) is 0. The van der Waals surface area contributed by atoms with Gasteiger partial charge in [0.2, 0.25) is 12.7 Å². The van der Waals surface area contributed by atoms with Crippen LogP contribution in [0, 0.1) is 13.8 Å². The highest BCUT2D eigenvalue weighted by molar-refractivity contribution is 6.06. The molecule has 1 amide bonds. The highest BCUT2D eigenvalue weighted by Crippen LogP contribution is 2.44. The lowest BCUT2D eigenvalue weighted by Gasteiger charge is -2.32. The van der Waals surface area contributed by atoms with E-state index >= 15 is 0 Å². The molecule has 0 aliphatic carbocycles. The van der Waals surface area contributed by atoms with E-state index in [1.54, 1.807) is 4.90 Å². The number of nitrogens with zero attached hydrogens (tertiary/aromatic N) is 1. The van der Waals surface area contributed by atoms with Crippen LogP contribution in [0.15, 0.2) is 47.7 Å². The van der Waals surface area contributed by atoms with Gasteiger partial charge in [-0.2, -0.15) is 0 Å². The summed E-state index contributed by atoms with van der Waals surface area (Å²) < 4.78 is 16.2. The third-order valence-corrected chi connectivity index (χ3v) is 5.38. The molecule has 3 aliphatic heterocycles. The smallest absolute Gasteiger partial charge is 0.336 e. The van der Waals surface area contributed by atoms with Crippen molar-refractivity contribution in [2.45, 2.75) is 26.2 Å². The van der Waals surface area contributed by atoms with E-state index < -0.39 is 0 Å². The lowest BCUT2D eigenvalue weighted by Crippen LogP contribution is -2.37. The Bertz CT molecular complexity index is 1030. The average molecular weight is 377 g/mol. The van der Waals surface area contributed by atoms with Crippen LogP contribution in [0.4, 0.5) is 5.69 Å². The Morgan fingerprint density at radius 1 is 0.929 bits per heavy atom. The van der Waals surface area contributed by atoms with Crippen LogP contribution >= 0.6 is 0 Å². The SMILES string of the molecule is Cc1cc(C)cc(N2C(=O)C[C@@H](c3ccc4c(c3)OCO4)C3=C2COC3=O)c1. The van der Waals surface area contributed by atoms with Crippen molar-refractivity contribution in [3.63, 3.8) is 0 Å². The Hall–Kier alpha value is -3.28. The minimum atomic E-state index is -0.362. The molecule has 6 nitrogen and oxygen atoms in total. The number of benzene rings is 2. The van der Waals surface area contributed by atoms with Crippen LogP contribution in [0.25, 0.3) is 0 Å². The summed E-state index contributed by atoms with van der Waals surface area (Å²) >= 11 is 0. The number of esters is 1. The lowest BCUT2D eigenvalue weighted by molar-refractivity contribution is -0.136. The monoisotopic (exact) mass is 377 g/mol. The number of fused-ring (bicyclic) bond motifs is 1. The molecule has 28 heavy (non-hydrogen) atoms. The van der Waals surface area contributed by atoms with Gasteiger partial charge in [0.15, 0.2) is 11.5 Å². The maximum atomic E-state index is 13.2. The molecule has 2 aromatic carbocycles. The Morgan fingerprint density at radius 2 is 1.68 bits per heavy atom. The quantitative estimate of drug-likeness (QED) is 0.751. The number of hydrogen-bond donors (Lipinski definition) is 0. The summed E-state index contributed by atoms with van der Waals surface area (Å²) in [6, 6.07) is 11.5. The summed E-state index contributed by atoms with van der Waals surface area (Å²) in [5, 5.41) is 0. The molecule has 0 spiro atoms. The van der Waals surface area contributed by atoms with E-state index in [0.29, 0.717) is 22.8 Å². The molecule has 0 unspecified atom stereocenters. The van der Waals surface area contributed by atoms with Crippen LogP contribution in [0.2, 0.25) is 0 Å². The number of amides is 1. The minimum absolute atomic E-state index is 0.0512. The first-order valence-corrected chi connectivity index (χ1v) is 9.22. The molecule has 0 fully saturated rings. The van der Waals surface area contributed by atoms with Gasteiger partial charge in [0, 0.05) is 18.0 Å². The molecule has 3 aliphatic rings. The van der Waals surface area contributed by atoms with Gasteiger partial charge in [0.1, 0.15) is 6.61 Å². The molecule has 0 N–H and O–H groups in total. The molecule has 0 aromatic heterocycles. The van der Waals surface area contributed by atoms with E-state index in [0.717, 1.165) is 22.4 Å². The summed E-state index contributed by atoms with van der Waals surface area (Å²) in [6.45, 7) is 4.27. The van der Waals surface area contributed by atoms with E-state index in [2.05, 4.69) is 6.07 Å². The maximum Gasteiger partial charge on any atom is 0.336 e. The van der Waals surface area contributed by atoms with Crippen LogP contribution in [0.5, 0.6) is 11.5 Å². The van der Waals surface area contributed by atoms with Crippen LogP contribution in [-0.4, -0.2) is 25.3 Å². The second kappa shape index (κ2) is 6.12. The molecule has 0 saturated heterocycles. The van der Waals surface area contributed by atoms with E-state index in [-0.39, 0.29) is 37.6 Å². The summed E-state index contributed by atoms with van der Waals surface area (Å²) in [4.78, 5) is 27.4. The number of ether oxygens (including phenoxy) is 3. The summed E-state index contributed by atoms with van der Waals surface area (Å²) in [6.07, 6.45) is 0.195. The molecule has 6 heteroatoms. The molecular weight excluding hydrogens is 358 g/mol.